The molecule has 1 aromatic rings. The number of hydrogen-bond donors (Lipinski definition) is 1. The van der Waals surface area contributed by atoms with Crippen molar-refractivity contribution in [2.45, 2.75) is 32.1 Å². The van der Waals surface area contributed by atoms with E-state index >= 15 is 0 Å². The minimum atomic E-state index is -0.555. The molecular weight excluding hydrogens is 280 g/mol. The maximum atomic E-state index is 12.9. The highest BCUT2D eigenvalue weighted by atomic mass is 32.1. The second-order valence-electron chi connectivity index (χ2n) is 6.61. The third kappa shape index (κ3) is 2.46. The van der Waals surface area contributed by atoms with Crippen LogP contribution in [0.1, 0.15) is 37.7 Å². The molecule has 0 radical (unpaired) electrons. The van der Waals surface area contributed by atoms with Crippen molar-refractivity contribution in [1.29, 1.82) is 0 Å². The largest absolute Gasteiger partial charge is 0.392 e. The van der Waals surface area contributed by atoms with Crippen LogP contribution in [0.3, 0.4) is 0 Å². The molecule has 1 atom stereocenters. The molecule has 0 bridgehead atoms. The summed E-state index contributed by atoms with van der Waals surface area (Å²) >= 11 is 5.20. The Balaban J connectivity index is 1.71. The highest BCUT2D eigenvalue weighted by Crippen LogP contribution is 2.48. The van der Waals surface area contributed by atoms with E-state index in [-0.39, 0.29) is 5.91 Å². The number of carbonyl (C=O) groups is 1. The second-order valence-corrected chi connectivity index (χ2v) is 7.05. The van der Waals surface area contributed by atoms with E-state index in [1.54, 1.807) is 0 Å². The number of amides is 1. The van der Waals surface area contributed by atoms with Crippen LogP contribution in [-0.2, 0) is 4.79 Å². The highest BCUT2D eigenvalue weighted by molar-refractivity contribution is 7.80. The zero-order valence-corrected chi connectivity index (χ0v) is 13.2. The SMILES string of the molecule is CC1CC(C(=O)N2CCC(c3ccccc3)C2)(C(N)=S)C1. The van der Waals surface area contributed by atoms with Gasteiger partial charge in [0.15, 0.2) is 0 Å². The number of nitrogens with two attached hydrogens (primary N) is 1. The lowest BCUT2D eigenvalue weighted by Gasteiger charge is -2.46. The van der Waals surface area contributed by atoms with Crippen LogP contribution in [0.15, 0.2) is 30.3 Å². The molecule has 1 aliphatic heterocycles. The number of hydrogen-bond acceptors (Lipinski definition) is 2. The minimum absolute atomic E-state index is 0.159. The number of carbonyl (C=O) groups excluding carboxylic acids is 1. The Kier molecular flexibility index (Phi) is 3.74. The molecular formula is C17H22N2OS. The lowest BCUT2D eigenvalue weighted by atomic mass is 9.61. The van der Waals surface area contributed by atoms with E-state index in [1.807, 2.05) is 11.0 Å². The molecule has 4 heteroatoms. The summed E-state index contributed by atoms with van der Waals surface area (Å²) in [4.78, 5) is 15.2. The smallest absolute Gasteiger partial charge is 0.235 e. The van der Waals surface area contributed by atoms with E-state index in [1.165, 1.54) is 5.56 Å². The average Bonchev–Trinajstić information content (AvgIpc) is 2.93. The zero-order valence-electron chi connectivity index (χ0n) is 12.4. The number of thiocarbonyl (C=S) groups is 1. The quantitative estimate of drug-likeness (QED) is 0.873. The van der Waals surface area contributed by atoms with Crippen molar-refractivity contribution in [1.82, 2.24) is 4.90 Å². The van der Waals surface area contributed by atoms with Gasteiger partial charge in [0.25, 0.3) is 0 Å². The van der Waals surface area contributed by atoms with Crippen LogP contribution in [-0.4, -0.2) is 28.9 Å². The van der Waals surface area contributed by atoms with Crippen LogP contribution in [0.5, 0.6) is 0 Å². The summed E-state index contributed by atoms with van der Waals surface area (Å²) in [6.45, 7) is 3.76. The van der Waals surface area contributed by atoms with E-state index in [2.05, 4.69) is 31.2 Å². The van der Waals surface area contributed by atoms with Crippen LogP contribution < -0.4 is 5.73 Å². The van der Waals surface area contributed by atoms with E-state index in [4.69, 9.17) is 18.0 Å². The van der Waals surface area contributed by atoms with Gasteiger partial charge in [-0.25, -0.2) is 0 Å². The van der Waals surface area contributed by atoms with Crippen LogP contribution in [0.4, 0.5) is 0 Å². The predicted molar refractivity (Wildman–Crippen MR) is 88.0 cm³/mol. The van der Waals surface area contributed by atoms with Gasteiger partial charge in [-0.15, -0.1) is 0 Å². The van der Waals surface area contributed by atoms with Crippen molar-refractivity contribution in [2.75, 3.05) is 13.1 Å². The van der Waals surface area contributed by atoms with Crippen molar-refractivity contribution in [3.05, 3.63) is 35.9 Å². The van der Waals surface area contributed by atoms with Crippen molar-refractivity contribution < 1.29 is 4.79 Å². The maximum absolute atomic E-state index is 12.9. The first kappa shape index (κ1) is 14.5. The van der Waals surface area contributed by atoms with Crippen molar-refractivity contribution >= 4 is 23.1 Å². The summed E-state index contributed by atoms with van der Waals surface area (Å²) < 4.78 is 0. The monoisotopic (exact) mass is 302 g/mol. The van der Waals surface area contributed by atoms with Gasteiger partial charge in [0.05, 0.1) is 10.4 Å². The number of likely N-dealkylation sites (tertiary alicyclic amines) is 1. The molecule has 1 amide bonds. The molecule has 1 saturated carbocycles. The predicted octanol–water partition coefficient (Wildman–Crippen LogP) is 2.70. The number of rotatable bonds is 3. The van der Waals surface area contributed by atoms with Crippen LogP contribution in [0.2, 0.25) is 0 Å². The van der Waals surface area contributed by atoms with E-state index in [0.29, 0.717) is 16.8 Å². The summed E-state index contributed by atoms with van der Waals surface area (Å²) in [5.74, 6) is 1.14. The molecule has 1 unspecified atom stereocenters. The molecule has 112 valence electrons. The Bertz CT molecular complexity index is 551. The van der Waals surface area contributed by atoms with Gasteiger partial charge < -0.3 is 10.6 Å². The molecule has 3 rings (SSSR count). The first-order valence-corrected chi connectivity index (χ1v) is 8.08. The molecule has 21 heavy (non-hydrogen) atoms. The molecule has 0 aromatic heterocycles. The molecule has 1 heterocycles. The fraction of sp³-hybridized carbons (Fsp3) is 0.529. The lowest BCUT2D eigenvalue weighted by Crippen LogP contribution is -2.56. The van der Waals surface area contributed by atoms with Crippen molar-refractivity contribution in [3.63, 3.8) is 0 Å². The summed E-state index contributed by atoms with van der Waals surface area (Å²) in [6.07, 6.45) is 2.65. The van der Waals surface area contributed by atoms with Crippen molar-refractivity contribution in [2.24, 2.45) is 17.1 Å². The third-order valence-corrected chi connectivity index (χ3v) is 5.41. The molecule has 0 spiro atoms. The Hall–Kier alpha value is -1.42. The third-order valence-electron chi connectivity index (χ3n) is 5.02. The summed E-state index contributed by atoms with van der Waals surface area (Å²) in [6, 6.07) is 10.4. The Labute approximate surface area is 131 Å². The minimum Gasteiger partial charge on any atom is -0.392 e. The van der Waals surface area contributed by atoms with Crippen LogP contribution in [0, 0.1) is 11.3 Å². The van der Waals surface area contributed by atoms with Gasteiger partial charge in [-0.3, -0.25) is 4.79 Å². The normalized spacial score (nSPS) is 31.8. The summed E-state index contributed by atoms with van der Waals surface area (Å²) in [5, 5.41) is 0. The van der Waals surface area contributed by atoms with Gasteiger partial charge in [0.2, 0.25) is 5.91 Å². The fourth-order valence-electron chi connectivity index (χ4n) is 3.86. The fourth-order valence-corrected chi connectivity index (χ4v) is 4.11. The Morgan fingerprint density at radius 2 is 2.00 bits per heavy atom. The number of benzene rings is 1. The standard InChI is InChI=1S/C17H22N2OS/c1-12-9-17(10-12,15(18)21)16(20)19-8-7-14(11-19)13-5-3-2-4-6-13/h2-6,12,14H,7-11H2,1H3,(H2,18,21). The summed E-state index contributed by atoms with van der Waals surface area (Å²) in [5.41, 5.74) is 6.66. The average molecular weight is 302 g/mol. The van der Waals surface area contributed by atoms with Gasteiger partial charge in [-0.05, 0) is 30.7 Å². The van der Waals surface area contributed by atoms with E-state index < -0.39 is 5.41 Å². The first-order valence-electron chi connectivity index (χ1n) is 7.67. The van der Waals surface area contributed by atoms with Gasteiger partial charge in [0, 0.05) is 19.0 Å². The molecule has 2 N–H and O–H groups in total. The Morgan fingerprint density at radius 3 is 2.57 bits per heavy atom. The van der Waals surface area contributed by atoms with E-state index in [9.17, 15) is 4.79 Å². The van der Waals surface area contributed by atoms with Crippen LogP contribution in [0.25, 0.3) is 0 Å². The molecule has 2 aliphatic rings. The van der Waals surface area contributed by atoms with E-state index in [0.717, 1.165) is 32.4 Å². The van der Waals surface area contributed by atoms with Gasteiger partial charge in [-0.2, -0.15) is 0 Å². The van der Waals surface area contributed by atoms with Crippen molar-refractivity contribution in [3.8, 4) is 0 Å². The van der Waals surface area contributed by atoms with Gasteiger partial charge in [-0.1, -0.05) is 49.5 Å². The van der Waals surface area contributed by atoms with Gasteiger partial charge in [0.1, 0.15) is 0 Å². The lowest BCUT2D eigenvalue weighted by molar-refractivity contribution is -0.143. The molecule has 1 aliphatic carbocycles. The molecule has 2 fully saturated rings. The molecule has 1 aromatic carbocycles. The topological polar surface area (TPSA) is 46.3 Å². The highest BCUT2D eigenvalue weighted by Gasteiger charge is 2.53. The zero-order chi connectivity index (χ0) is 15.0. The molecule has 1 saturated heterocycles. The second kappa shape index (κ2) is 5.41. The first-order chi connectivity index (χ1) is 10.0. The molecule has 3 nitrogen and oxygen atoms in total. The number of nitrogens with zero attached hydrogens (tertiary/aromatic N) is 1. The summed E-state index contributed by atoms with van der Waals surface area (Å²) in [7, 11) is 0. The Morgan fingerprint density at radius 1 is 1.33 bits per heavy atom. The van der Waals surface area contributed by atoms with Gasteiger partial charge >= 0.3 is 0 Å². The van der Waals surface area contributed by atoms with Crippen LogP contribution >= 0.6 is 12.2 Å². The maximum Gasteiger partial charge on any atom is 0.235 e.